The van der Waals surface area contributed by atoms with Gasteiger partial charge in [-0.15, -0.1) is 12.4 Å². The summed E-state index contributed by atoms with van der Waals surface area (Å²) in [7, 11) is 1.90. The van der Waals surface area contributed by atoms with E-state index in [9.17, 15) is 4.79 Å². The van der Waals surface area contributed by atoms with Crippen LogP contribution < -0.4 is 5.32 Å². The van der Waals surface area contributed by atoms with Crippen LogP contribution in [-0.2, 0) is 7.05 Å². The Balaban J connectivity index is 0.00000180. The van der Waals surface area contributed by atoms with Gasteiger partial charge in [0.05, 0.1) is 0 Å². The Labute approximate surface area is 120 Å². The Kier molecular flexibility index (Phi) is 5.38. The van der Waals surface area contributed by atoms with E-state index in [2.05, 4.69) is 31.2 Å². The van der Waals surface area contributed by atoms with E-state index in [1.807, 2.05) is 22.7 Å². The van der Waals surface area contributed by atoms with Crippen molar-refractivity contribution in [2.75, 3.05) is 19.6 Å². The summed E-state index contributed by atoms with van der Waals surface area (Å²) in [6, 6.07) is 2.27. The van der Waals surface area contributed by atoms with Crippen molar-refractivity contribution >= 4 is 18.3 Å². The maximum Gasteiger partial charge on any atom is 0.274 e. The third kappa shape index (κ3) is 3.48. The second-order valence-corrected chi connectivity index (χ2v) is 5.34. The zero-order valence-corrected chi connectivity index (χ0v) is 12.8. The Morgan fingerprint density at radius 1 is 1.53 bits per heavy atom. The molecule has 1 atom stereocenters. The van der Waals surface area contributed by atoms with Crippen LogP contribution in [0.5, 0.6) is 0 Å². The molecule has 0 aliphatic carbocycles. The van der Waals surface area contributed by atoms with Gasteiger partial charge in [-0.2, -0.15) is 5.10 Å². The van der Waals surface area contributed by atoms with Gasteiger partial charge in [0.25, 0.3) is 5.91 Å². The molecule has 0 saturated carbocycles. The molecule has 108 valence electrons. The number of halogens is 1. The van der Waals surface area contributed by atoms with E-state index in [0.29, 0.717) is 17.7 Å². The lowest BCUT2D eigenvalue weighted by Crippen LogP contribution is -2.51. The van der Waals surface area contributed by atoms with Crippen LogP contribution in [-0.4, -0.2) is 46.3 Å². The molecular formula is C13H23ClN4O. The normalized spacial score (nSPS) is 19.4. The quantitative estimate of drug-likeness (QED) is 0.894. The highest BCUT2D eigenvalue weighted by molar-refractivity contribution is 5.92. The average molecular weight is 287 g/mol. The van der Waals surface area contributed by atoms with Gasteiger partial charge < -0.3 is 10.2 Å². The number of hydrogen-bond acceptors (Lipinski definition) is 3. The molecule has 0 spiro atoms. The maximum atomic E-state index is 12.4. The monoisotopic (exact) mass is 286 g/mol. The van der Waals surface area contributed by atoms with E-state index in [1.165, 1.54) is 0 Å². The standard InChI is InChI=1S/C13H22N4O.ClH/c1-9(2)12-7-11(15-16(12)4)13(18)17-6-5-14-10(3)8-17;/h7,9-10,14H,5-6,8H2,1-4H3;1H. The molecule has 0 radical (unpaired) electrons. The minimum absolute atomic E-state index is 0. The van der Waals surface area contributed by atoms with Crippen molar-refractivity contribution in [1.82, 2.24) is 20.0 Å². The lowest BCUT2D eigenvalue weighted by molar-refractivity contribution is 0.0702. The van der Waals surface area contributed by atoms with Gasteiger partial charge in [0.1, 0.15) is 0 Å². The molecule has 1 amide bonds. The molecule has 2 rings (SSSR count). The highest BCUT2D eigenvalue weighted by Crippen LogP contribution is 2.16. The molecule has 1 aliphatic rings. The SMILES string of the molecule is CC1CN(C(=O)c2cc(C(C)C)n(C)n2)CCN1.Cl. The van der Waals surface area contributed by atoms with Gasteiger partial charge in [-0.05, 0) is 18.9 Å². The summed E-state index contributed by atoms with van der Waals surface area (Å²) in [6.45, 7) is 8.69. The molecule has 1 aliphatic heterocycles. The molecule has 1 fully saturated rings. The maximum absolute atomic E-state index is 12.4. The molecular weight excluding hydrogens is 264 g/mol. The predicted octanol–water partition coefficient (Wildman–Crippen LogP) is 1.40. The molecule has 6 heteroatoms. The van der Waals surface area contributed by atoms with Crippen LogP contribution >= 0.6 is 12.4 Å². The molecule has 1 N–H and O–H groups in total. The van der Waals surface area contributed by atoms with Crippen molar-refractivity contribution in [2.45, 2.75) is 32.7 Å². The zero-order chi connectivity index (χ0) is 13.3. The highest BCUT2D eigenvalue weighted by Gasteiger charge is 2.24. The first-order chi connectivity index (χ1) is 8.49. The summed E-state index contributed by atoms with van der Waals surface area (Å²) in [6.07, 6.45) is 0. The number of nitrogens with one attached hydrogen (secondary N) is 1. The van der Waals surface area contributed by atoms with E-state index in [4.69, 9.17) is 0 Å². The lowest BCUT2D eigenvalue weighted by atomic mass is 10.1. The van der Waals surface area contributed by atoms with Crippen molar-refractivity contribution < 1.29 is 4.79 Å². The lowest BCUT2D eigenvalue weighted by Gasteiger charge is -2.31. The number of aromatic nitrogens is 2. The van der Waals surface area contributed by atoms with E-state index >= 15 is 0 Å². The molecule has 0 aromatic carbocycles. The Bertz CT molecular complexity index is 444. The molecule has 1 unspecified atom stereocenters. The third-order valence-corrected chi connectivity index (χ3v) is 3.38. The van der Waals surface area contributed by atoms with Gasteiger partial charge in [-0.25, -0.2) is 0 Å². The van der Waals surface area contributed by atoms with Gasteiger partial charge >= 0.3 is 0 Å². The Hall–Kier alpha value is -1.07. The summed E-state index contributed by atoms with van der Waals surface area (Å²) in [5.41, 5.74) is 1.66. The summed E-state index contributed by atoms with van der Waals surface area (Å²) in [4.78, 5) is 14.2. The van der Waals surface area contributed by atoms with Crippen LogP contribution in [0, 0.1) is 0 Å². The smallest absolute Gasteiger partial charge is 0.274 e. The molecule has 5 nitrogen and oxygen atoms in total. The second kappa shape index (κ2) is 6.39. The van der Waals surface area contributed by atoms with Gasteiger partial charge in [0, 0.05) is 38.4 Å². The molecule has 1 aromatic rings. The topological polar surface area (TPSA) is 50.2 Å². The summed E-state index contributed by atoms with van der Waals surface area (Å²) >= 11 is 0. The van der Waals surface area contributed by atoms with Gasteiger partial charge in [0.2, 0.25) is 0 Å². The number of rotatable bonds is 2. The third-order valence-electron chi connectivity index (χ3n) is 3.38. The van der Waals surface area contributed by atoms with Crippen molar-refractivity contribution in [3.8, 4) is 0 Å². The van der Waals surface area contributed by atoms with E-state index < -0.39 is 0 Å². The summed E-state index contributed by atoms with van der Waals surface area (Å²) in [5.74, 6) is 0.428. The van der Waals surface area contributed by atoms with Crippen LogP contribution in [0.3, 0.4) is 0 Å². The molecule has 2 heterocycles. The van der Waals surface area contributed by atoms with Crippen molar-refractivity contribution in [3.05, 3.63) is 17.5 Å². The number of hydrogen-bond donors (Lipinski definition) is 1. The minimum Gasteiger partial charge on any atom is -0.334 e. The van der Waals surface area contributed by atoms with Gasteiger partial charge in [-0.3, -0.25) is 9.48 Å². The Morgan fingerprint density at radius 3 is 2.74 bits per heavy atom. The number of nitrogens with zero attached hydrogens (tertiary/aromatic N) is 3. The molecule has 19 heavy (non-hydrogen) atoms. The van der Waals surface area contributed by atoms with Crippen LogP contribution in [0.4, 0.5) is 0 Å². The number of amides is 1. The van der Waals surface area contributed by atoms with Crippen LogP contribution in [0.25, 0.3) is 0 Å². The first-order valence-corrected chi connectivity index (χ1v) is 6.55. The fourth-order valence-electron chi connectivity index (χ4n) is 2.41. The first-order valence-electron chi connectivity index (χ1n) is 6.55. The van der Waals surface area contributed by atoms with Crippen LogP contribution in [0.15, 0.2) is 6.07 Å². The Morgan fingerprint density at radius 2 is 2.21 bits per heavy atom. The number of carbonyl (C=O) groups is 1. The largest absolute Gasteiger partial charge is 0.334 e. The number of carbonyl (C=O) groups excluding carboxylic acids is 1. The van der Waals surface area contributed by atoms with E-state index in [-0.39, 0.29) is 18.3 Å². The van der Waals surface area contributed by atoms with Crippen molar-refractivity contribution in [3.63, 3.8) is 0 Å². The molecule has 0 bridgehead atoms. The van der Waals surface area contributed by atoms with E-state index in [0.717, 1.165) is 25.3 Å². The second-order valence-electron chi connectivity index (χ2n) is 5.34. The van der Waals surface area contributed by atoms with Gasteiger partial charge in [0.15, 0.2) is 5.69 Å². The zero-order valence-electron chi connectivity index (χ0n) is 12.0. The fourth-order valence-corrected chi connectivity index (χ4v) is 2.41. The first kappa shape index (κ1) is 16.0. The molecule has 1 aromatic heterocycles. The predicted molar refractivity (Wildman–Crippen MR) is 77.9 cm³/mol. The van der Waals surface area contributed by atoms with Crippen molar-refractivity contribution in [1.29, 1.82) is 0 Å². The number of aryl methyl sites for hydroxylation is 1. The molecule has 1 saturated heterocycles. The van der Waals surface area contributed by atoms with Crippen molar-refractivity contribution in [2.24, 2.45) is 7.05 Å². The van der Waals surface area contributed by atoms with Crippen LogP contribution in [0.1, 0.15) is 42.9 Å². The highest BCUT2D eigenvalue weighted by atomic mass is 35.5. The number of piperazine rings is 1. The summed E-state index contributed by atoms with van der Waals surface area (Å²) in [5, 5.41) is 7.67. The minimum atomic E-state index is 0. The fraction of sp³-hybridized carbons (Fsp3) is 0.692. The van der Waals surface area contributed by atoms with Gasteiger partial charge in [-0.1, -0.05) is 13.8 Å². The van der Waals surface area contributed by atoms with E-state index in [1.54, 1.807) is 0 Å². The summed E-state index contributed by atoms with van der Waals surface area (Å²) < 4.78 is 1.81. The van der Waals surface area contributed by atoms with Crippen LogP contribution in [0.2, 0.25) is 0 Å². The average Bonchev–Trinajstić information content (AvgIpc) is 2.70.